The van der Waals surface area contributed by atoms with Gasteiger partial charge in [-0.25, -0.2) is 0 Å². The van der Waals surface area contributed by atoms with Crippen molar-refractivity contribution < 1.29 is 9.90 Å². The van der Waals surface area contributed by atoms with Crippen molar-refractivity contribution in [1.82, 2.24) is 10.2 Å². The van der Waals surface area contributed by atoms with Crippen LogP contribution >= 0.6 is 0 Å². The van der Waals surface area contributed by atoms with E-state index in [1.165, 1.54) is 38.5 Å². The summed E-state index contributed by atoms with van der Waals surface area (Å²) in [5.74, 6) is 0.956. The molecule has 0 unspecified atom stereocenters. The van der Waals surface area contributed by atoms with Crippen LogP contribution in [0.3, 0.4) is 0 Å². The fourth-order valence-corrected chi connectivity index (χ4v) is 3.65. The van der Waals surface area contributed by atoms with Gasteiger partial charge in [0.1, 0.15) is 0 Å². The summed E-state index contributed by atoms with van der Waals surface area (Å²) >= 11 is 0. The SMILES string of the molecule is CC1CCC(NC(=O)CN(CCO)C2CCCC2)CC1. The lowest BCUT2D eigenvalue weighted by atomic mass is 9.87. The molecular formula is C16H30N2O2. The van der Waals surface area contributed by atoms with Gasteiger partial charge in [0.2, 0.25) is 5.91 Å². The molecule has 1 amide bonds. The van der Waals surface area contributed by atoms with Crippen LogP contribution in [0.1, 0.15) is 58.3 Å². The monoisotopic (exact) mass is 282 g/mol. The first kappa shape index (κ1) is 15.8. The van der Waals surface area contributed by atoms with Crippen LogP contribution in [0.15, 0.2) is 0 Å². The van der Waals surface area contributed by atoms with E-state index in [0.717, 1.165) is 18.8 Å². The zero-order valence-corrected chi connectivity index (χ0v) is 12.8. The average Bonchev–Trinajstić information content (AvgIpc) is 2.95. The largest absolute Gasteiger partial charge is 0.395 e. The van der Waals surface area contributed by atoms with Gasteiger partial charge >= 0.3 is 0 Å². The van der Waals surface area contributed by atoms with E-state index in [1.807, 2.05) is 0 Å². The first-order valence-corrected chi connectivity index (χ1v) is 8.33. The van der Waals surface area contributed by atoms with E-state index in [-0.39, 0.29) is 12.5 Å². The van der Waals surface area contributed by atoms with E-state index in [2.05, 4.69) is 17.1 Å². The third kappa shape index (κ3) is 4.74. The van der Waals surface area contributed by atoms with Crippen molar-refractivity contribution in [2.45, 2.75) is 70.4 Å². The molecule has 2 saturated carbocycles. The van der Waals surface area contributed by atoms with E-state index in [0.29, 0.717) is 25.2 Å². The molecule has 2 fully saturated rings. The number of hydrogen-bond acceptors (Lipinski definition) is 3. The lowest BCUT2D eigenvalue weighted by molar-refractivity contribution is -0.123. The molecule has 0 saturated heterocycles. The van der Waals surface area contributed by atoms with Gasteiger partial charge in [-0.2, -0.15) is 0 Å². The van der Waals surface area contributed by atoms with Gasteiger partial charge in [0.25, 0.3) is 0 Å². The lowest BCUT2D eigenvalue weighted by Crippen LogP contribution is -2.46. The predicted octanol–water partition coefficient (Wildman–Crippen LogP) is 1.92. The van der Waals surface area contributed by atoms with Crippen molar-refractivity contribution in [3.8, 4) is 0 Å². The van der Waals surface area contributed by atoms with E-state index < -0.39 is 0 Å². The van der Waals surface area contributed by atoms with Gasteiger partial charge in [0.05, 0.1) is 13.2 Å². The highest BCUT2D eigenvalue weighted by Gasteiger charge is 2.25. The minimum Gasteiger partial charge on any atom is -0.395 e. The smallest absolute Gasteiger partial charge is 0.234 e. The van der Waals surface area contributed by atoms with Gasteiger partial charge in [-0.1, -0.05) is 19.8 Å². The van der Waals surface area contributed by atoms with Crippen LogP contribution in [0.2, 0.25) is 0 Å². The second-order valence-electron chi connectivity index (χ2n) is 6.66. The molecule has 2 aliphatic rings. The third-order valence-corrected chi connectivity index (χ3v) is 4.96. The summed E-state index contributed by atoms with van der Waals surface area (Å²) < 4.78 is 0. The molecule has 2 N–H and O–H groups in total. The van der Waals surface area contributed by atoms with Crippen LogP contribution in [-0.4, -0.2) is 47.7 Å². The van der Waals surface area contributed by atoms with Gasteiger partial charge in [-0.05, 0) is 44.4 Å². The average molecular weight is 282 g/mol. The molecule has 0 aliphatic heterocycles. The number of amides is 1. The zero-order valence-electron chi connectivity index (χ0n) is 12.8. The van der Waals surface area contributed by atoms with E-state index >= 15 is 0 Å². The molecule has 0 aromatic rings. The van der Waals surface area contributed by atoms with Crippen molar-refractivity contribution >= 4 is 5.91 Å². The molecule has 2 aliphatic carbocycles. The fourth-order valence-electron chi connectivity index (χ4n) is 3.65. The molecule has 0 radical (unpaired) electrons. The summed E-state index contributed by atoms with van der Waals surface area (Å²) in [5, 5.41) is 12.4. The van der Waals surface area contributed by atoms with Gasteiger partial charge in [-0.15, -0.1) is 0 Å². The van der Waals surface area contributed by atoms with Crippen molar-refractivity contribution in [1.29, 1.82) is 0 Å². The summed E-state index contributed by atoms with van der Waals surface area (Å²) in [4.78, 5) is 14.4. The van der Waals surface area contributed by atoms with E-state index in [9.17, 15) is 9.90 Å². The highest BCUT2D eigenvalue weighted by atomic mass is 16.3. The molecule has 0 heterocycles. The van der Waals surface area contributed by atoms with Crippen LogP contribution < -0.4 is 5.32 Å². The van der Waals surface area contributed by atoms with Crippen molar-refractivity contribution in [3.05, 3.63) is 0 Å². The number of nitrogens with one attached hydrogen (secondary N) is 1. The Balaban J connectivity index is 1.75. The number of rotatable bonds is 6. The minimum absolute atomic E-state index is 0.143. The number of nitrogens with zero attached hydrogens (tertiary/aromatic N) is 1. The number of carbonyl (C=O) groups excluding carboxylic acids is 1. The third-order valence-electron chi connectivity index (χ3n) is 4.96. The molecule has 0 spiro atoms. The Bertz CT molecular complexity index is 295. The van der Waals surface area contributed by atoms with Gasteiger partial charge < -0.3 is 10.4 Å². The Morgan fingerprint density at radius 3 is 2.40 bits per heavy atom. The summed E-state index contributed by atoms with van der Waals surface area (Å²) in [6, 6.07) is 0.873. The summed E-state index contributed by atoms with van der Waals surface area (Å²) in [5.41, 5.74) is 0. The van der Waals surface area contributed by atoms with Crippen LogP contribution in [-0.2, 0) is 4.79 Å². The first-order valence-electron chi connectivity index (χ1n) is 8.33. The molecular weight excluding hydrogens is 252 g/mol. The van der Waals surface area contributed by atoms with Crippen LogP contribution in [0.5, 0.6) is 0 Å². The number of aliphatic hydroxyl groups excluding tert-OH is 1. The maximum absolute atomic E-state index is 12.2. The quantitative estimate of drug-likeness (QED) is 0.782. The molecule has 0 bridgehead atoms. The normalized spacial score (nSPS) is 27.9. The number of carbonyl (C=O) groups is 1. The molecule has 0 atom stereocenters. The van der Waals surface area contributed by atoms with E-state index in [1.54, 1.807) is 0 Å². The molecule has 0 aromatic carbocycles. The topological polar surface area (TPSA) is 52.6 Å². The van der Waals surface area contributed by atoms with Crippen molar-refractivity contribution in [2.75, 3.05) is 19.7 Å². The maximum atomic E-state index is 12.2. The van der Waals surface area contributed by atoms with Gasteiger partial charge in [0.15, 0.2) is 0 Å². The molecule has 20 heavy (non-hydrogen) atoms. The summed E-state index contributed by atoms with van der Waals surface area (Å²) in [6.07, 6.45) is 9.57. The Morgan fingerprint density at radius 1 is 1.15 bits per heavy atom. The molecule has 2 rings (SSSR count). The second kappa shape index (κ2) is 7.99. The number of aliphatic hydroxyl groups is 1. The Labute approximate surface area is 122 Å². The summed E-state index contributed by atoms with van der Waals surface area (Å²) in [7, 11) is 0. The molecule has 0 aromatic heterocycles. The standard InChI is InChI=1S/C16H30N2O2/c1-13-6-8-14(9-7-13)17-16(20)12-18(10-11-19)15-4-2-3-5-15/h13-15,19H,2-12H2,1H3,(H,17,20). The van der Waals surface area contributed by atoms with E-state index in [4.69, 9.17) is 0 Å². The minimum atomic E-state index is 0.143. The zero-order chi connectivity index (χ0) is 14.4. The summed E-state index contributed by atoms with van der Waals surface area (Å²) in [6.45, 7) is 3.52. The molecule has 4 heteroatoms. The highest BCUT2D eigenvalue weighted by Crippen LogP contribution is 2.24. The van der Waals surface area contributed by atoms with Crippen LogP contribution in [0.4, 0.5) is 0 Å². The van der Waals surface area contributed by atoms with Crippen LogP contribution in [0, 0.1) is 5.92 Å². The molecule has 4 nitrogen and oxygen atoms in total. The Hall–Kier alpha value is -0.610. The predicted molar refractivity (Wildman–Crippen MR) is 80.5 cm³/mol. The van der Waals surface area contributed by atoms with Gasteiger partial charge in [0, 0.05) is 18.6 Å². The van der Waals surface area contributed by atoms with Crippen molar-refractivity contribution in [3.63, 3.8) is 0 Å². The van der Waals surface area contributed by atoms with Gasteiger partial charge in [-0.3, -0.25) is 9.69 Å². The highest BCUT2D eigenvalue weighted by molar-refractivity contribution is 5.78. The van der Waals surface area contributed by atoms with Crippen molar-refractivity contribution in [2.24, 2.45) is 5.92 Å². The lowest BCUT2D eigenvalue weighted by Gasteiger charge is -2.30. The second-order valence-corrected chi connectivity index (χ2v) is 6.66. The fraction of sp³-hybridized carbons (Fsp3) is 0.938. The molecule has 116 valence electrons. The first-order chi connectivity index (χ1) is 9.69. The Kier molecular flexibility index (Phi) is 6.30. The Morgan fingerprint density at radius 2 is 1.80 bits per heavy atom. The maximum Gasteiger partial charge on any atom is 0.234 e. The number of hydrogen-bond donors (Lipinski definition) is 2. The van der Waals surface area contributed by atoms with Crippen LogP contribution in [0.25, 0.3) is 0 Å².